The van der Waals surface area contributed by atoms with Crippen molar-refractivity contribution in [1.29, 1.82) is 0 Å². The monoisotopic (exact) mass is 268 g/mol. The Balaban J connectivity index is 3.49. The van der Waals surface area contributed by atoms with Crippen LogP contribution < -0.4 is 4.74 Å². The summed E-state index contributed by atoms with van der Waals surface area (Å²) in [6.45, 7) is 6.67. The molecule has 19 heavy (non-hydrogen) atoms. The van der Waals surface area contributed by atoms with Crippen LogP contribution in [0.5, 0.6) is 5.75 Å². The SMILES string of the molecule is C=C(/C(=C\C)C(=O)O)c1cc(F)c(F)c(OC)c1C. The van der Waals surface area contributed by atoms with Crippen molar-refractivity contribution in [3.8, 4) is 5.75 Å². The van der Waals surface area contributed by atoms with Crippen molar-refractivity contribution in [1.82, 2.24) is 0 Å². The number of benzene rings is 1. The van der Waals surface area contributed by atoms with Gasteiger partial charge in [-0.15, -0.1) is 0 Å². The first-order valence-corrected chi connectivity index (χ1v) is 5.46. The van der Waals surface area contributed by atoms with Gasteiger partial charge in [-0.25, -0.2) is 9.18 Å². The van der Waals surface area contributed by atoms with E-state index < -0.39 is 17.6 Å². The van der Waals surface area contributed by atoms with Crippen LogP contribution in [0.2, 0.25) is 0 Å². The average molecular weight is 268 g/mol. The summed E-state index contributed by atoms with van der Waals surface area (Å²) in [6, 6.07) is 0.919. The molecular formula is C14H14F2O3. The number of ether oxygens (including phenoxy) is 1. The van der Waals surface area contributed by atoms with Crippen molar-refractivity contribution in [2.75, 3.05) is 7.11 Å². The smallest absolute Gasteiger partial charge is 0.335 e. The Labute approximate surface area is 109 Å². The number of methoxy groups -OCH3 is 1. The van der Waals surface area contributed by atoms with E-state index in [2.05, 4.69) is 6.58 Å². The van der Waals surface area contributed by atoms with Crippen molar-refractivity contribution < 1.29 is 23.4 Å². The topological polar surface area (TPSA) is 46.5 Å². The molecule has 1 aromatic carbocycles. The Morgan fingerprint density at radius 1 is 1.47 bits per heavy atom. The zero-order chi connectivity index (χ0) is 14.7. The van der Waals surface area contributed by atoms with E-state index in [-0.39, 0.29) is 22.5 Å². The molecule has 0 aliphatic carbocycles. The highest BCUT2D eigenvalue weighted by molar-refractivity contribution is 6.05. The minimum Gasteiger partial charge on any atom is -0.493 e. The van der Waals surface area contributed by atoms with Gasteiger partial charge in [0.1, 0.15) is 0 Å². The zero-order valence-corrected chi connectivity index (χ0v) is 10.9. The molecule has 0 heterocycles. The number of halogens is 2. The van der Waals surface area contributed by atoms with Gasteiger partial charge in [-0.1, -0.05) is 12.7 Å². The van der Waals surface area contributed by atoms with Crippen LogP contribution in [0.15, 0.2) is 24.3 Å². The van der Waals surface area contributed by atoms with Gasteiger partial charge in [0.15, 0.2) is 11.6 Å². The van der Waals surface area contributed by atoms with Gasteiger partial charge >= 0.3 is 5.97 Å². The van der Waals surface area contributed by atoms with Crippen LogP contribution in [0.25, 0.3) is 5.57 Å². The van der Waals surface area contributed by atoms with Crippen LogP contribution >= 0.6 is 0 Å². The summed E-state index contributed by atoms with van der Waals surface area (Å²) >= 11 is 0. The summed E-state index contributed by atoms with van der Waals surface area (Å²) in [5, 5.41) is 9.02. The van der Waals surface area contributed by atoms with Gasteiger partial charge in [0, 0.05) is 5.56 Å². The maximum atomic E-state index is 13.5. The summed E-state index contributed by atoms with van der Waals surface area (Å²) in [6.07, 6.45) is 1.35. The average Bonchev–Trinajstić information content (AvgIpc) is 2.34. The first-order chi connectivity index (χ1) is 8.84. The molecule has 0 fully saturated rings. The van der Waals surface area contributed by atoms with Crippen molar-refractivity contribution in [2.45, 2.75) is 13.8 Å². The van der Waals surface area contributed by atoms with Gasteiger partial charge in [-0.05, 0) is 31.1 Å². The third-order valence-electron chi connectivity index (χ3n) is 2.80. The van der Waals surface area contributed by atoms with Gasteiger partial charge in [0.2, 0.25) is 5.82 Å². The summed E-state index contributed by atoms with van der Waals surface area (Å²) in [5.41, 5.74) is 0.527. The fraction of sp³-hybridized carbons (Fsp3) is 0.214. The molecular weight excluding hydrogens is 254 g/mol. The van der Waals surface area contributed by atoms with Crippen LogP contribution in [0.1, 0.15) is 18.1 Å². The number of carboxylic acids is 1. The first kappa shape index (κ1) is 14.9. The molecule has 0 atom stereocenters. The second-order valence-electron chi connectivity index (χ2n) is 3.86. The number of hydrogen-bond donors (Lipinski definition) is 1. The first-order valence-electron chi connectivity index (χ1n) is 5.46. The highest BCUT2D eigenvalue weighted by Crippen LogP contribution is 2.33. The third kappa shape index (κ3) is 2.65. The lowest BCUT2D eigenvalue weighted by atomic mass is 9.94. The van der Waals surface area contributed by atoms with Crippen LogP contribution in [0, 0.1) is 18.6 Å². The lowest BCUT2D eigenvalue weighted by molar-refractivity contribution is -0.132. The molecule has 1 aromatic rings. The second-order valence-corrected chi connectivity index (χ2v) is 3.86. The molecule has 0 bridgehead atoms. The van der Waals surface area contributed by atoms with Gasteiger partial charge < -0.3 is 9.84 Å². The molecule has 0 radical (unpaired) electrons. The molecule has 0 amide bonds. The number of allylic oxidation sites excluding steroid dienone is 1. The van der Waals surface area contributed by atoms with Crippen molar-refractivity contribution in [3.05, 3.63) is 47.1 Å². The van der Waals surface area contributed by atoms with Crippen LogP contribution in [0.3, 0.4) is 0 Å². The fourth-order valence-electron chi connectivity index (χ4n) is 1.82. The Hall–Kier alpha value is -2.17. The highest BCUT2D eigenvalue weighted by atomic mass is 19.2. The van der Waals surface area contributed by atoms with E-state index in [0.29, 0.717) is 5.56 Å². The zero-order valence-electron chi connectivity index (χ0n) is 10.9. The number of aliphatic carboxylic acids is 1. The predicted molar refractivity (Wildman–Crippen MR) is 68.1 cm³/mol. The number of hydrogen-bond acceptors (Lipinski definition) is 2. The van der Waals surface area contributed by atoms with Crippen molar-refractivity contribution in [2.24, 2.45) is 0 Å². The van der Waals surface area contributed by atoms with Gasteiger partial charge in [0.25, 0.3) is 0 Å². The van der Waals surface area contributed by atoms with E-state index in [1.165, 1.54) is 27.0 Å². The Kier molecular flexibility index (Phi) is 4.43. The Morgan fingerprint density at radius 2 is 2.05 bits per heavy atom. The van der Waals surface area contributed by atoms with E-state index in [1.807, 2.05) is 0 Å². The Morgan fingerprint density at radius 3 is 2.47 bits per heavy atom. The number of carbonyl (C=O) groups is 1. The summed E-state index contributed by atoms with van der Waals surface area (Å²) in [4.78, 5) is 11.0. The lowest BCUT2D eigenvalue weighted by Gasteiger charge is -2.14. The van der Waals surface area contributed by atoms with Crippen LogP contribution in [-0.2, 0) is 4.79 Å². The third-order valence-corrected chi connectivity index (χ3v) is 2.80. The van der Waals surface area contributed by atoms with E-state index in [9.17, 15) is 13.6 Å². The minimum absolute atomic E-state index is 0.0730. The van der Waals surface area contributed by atoms with Crippen LogP contribution in [-0.4, -0.2) is 18.2 Å². The molecule has 0 aliphatic heterocycles. The number of carboxylic acid groups (broad SMARTS) is 1. The van der Waals surface area contributed by atoms with Crippen LogP contribution in [0.4, 0.5) is 8.78 Å². The molecule has 0 saturated heterocycles. The molecule has 0 aromatic heterocycles. The highest BCUT2D eigenvalue weighted by Gasteiger charge is 2.21. The minimum atomic E-state index is -1.18. The molecule has 1 rings (SSSR count). The molecule has 102 valence electrons. The summed E-state index contributed by atoms with van der Waals surface area (Å²) in [5.74, 6) is -3.65. The van der Waals surface area contributed by atoms with E-state index in [0.717, 1.165) is 6.07 Å². The lowest BCUT2D eigenvalue weighted by Crippen LogP contribution is -2.06. The normalized spacial score (nSPS) is 11.3. The largest absolute Gasteiger partial charge is 0.493 e. The summed E-state index contributed by atoms with van der Waals surface area (Å²) < 4.78 is 31.8. The van der Waals surface area contributed by atoms with E-state index in [4.69, 9.17) is 9.84 Å². The quantitative estimate of drug-likeness (QED) is 0.673. The molecule has 3 nitrogen and oxygen atoms in total. The maximum Gasteiger partial charge on any atom is 0.335 e. The summed E-state index contributed by atoms with van der Waals surface area (Å²) in [7, 11) is 1.21. The Bertz CT molecular complexity index is 575. The molecule has 0 saturated carbocycles. The van der Waals surface area contributed by atoms with Crippen molar-refractivity contribution in [3.63, 3.8) is 0 Å². The van der Waals surface area contributed by atoms with Gasteiger partial charge in [0.05, 0.1) is 12.7 Å². The van der Waals surface area contributed by atoms with Gasteiger partial charge in [-0.2, -0.15) is 4.39 Å². The van der Waals surface area contributed by atoms with Crippen molar-refractivity contribution >= 4 is 11.5 Å². The standard InChI is InChI=1S/C14H14F2O3/c1-5-9(14(17)18)7(2)10-6-11(15)12(16)13(19-4)8(10)3/h5-6H,2H2,1,3-4H3,(H,17,18)/b9-5+. The second kappa shape index (κ2) is 5.65. The predicted octanol–water partition coefficient (Wildman–Crippen LogP) is 3.33. The van der Waals surface area contributed by atoms with Gasteiger partial charge in [-0.3, -0.25) is 0 Å². The number of rotatable bonds is 4. The molecule has 0 spiro atoms. The molecule has 0 unspecified atom stereocenters. The maximum absolute atomic E-state index is 13.5. The van der Waals surface area contributed by atoms with E-state index >= 15 is 0 Å². The molecule has 1 N–H and O–H groups in total. The molecule has 5 heteroatoms. The molecule has 0 aliphatic rings. The van der Waals surface area contributed by atoms with E-state index in [1.54, 1.807) is 0 Å². The fourth-order valence-corrected chi connectivity index (χ4v) is 1.82.